The highest BCUT2D eigenvalue weighted by Gasteiger charge is 2.24. The Kier molecular flexibility index (Phi) is 4.83. The zero-order valence-corrected chi connectivity index (χ0v) is 12.7. The van der Waals surface area contributed by atoms with E-state index < -0.39 is 0 Å². The van der Waals surface area contributed by atoms with Crippen molar-refractivity contribution in [2.24, 2.45) is 0 Å². The fourth-order valence-electron chi connectivity index (χ4n) is 2.96. The number of rotatable bonds is 4. The predicted molar refractivity (Wildman–Crippen MR) is 82.9 cm³/mol. The lowest BCUT2D eigenvalue weighted by Gasteiger charge is -2.41. The van der Waals surface area contributed by atoms with Gasteiger partial charge in [-0.3, -0.25) is 4.90 Å². The van der Waals surface area contributed by atoms with Crippen LogP contribution in [0.2, 0.25) is 0 Å². The Labute approximate surface area is 117 Å². The zero-order valence-electron chi connectivity index (χ0n) is 12.7. The lowest BCUT2D eigenvalue weighted by atomic mass is 10.0. The van der Waals surface area contributed by atoms with Gasteiger partial charge in [-0.05, 0) is 39.1 Å². The summed E-state index contributed by atoms with van der Waals surface area (Å²) < 4.78 is 0. The predicted octanol–water partition coefficient (Wildman–Crippen LogP) is 2.24. The summed E-state index contributed by atoms with van der Waals surface area (Å²) in [5.74, 6) is 0. The van der Waals surface area contributed by atoms with Gasteiger partial charge in [0.05, 0.1) is 0 Å². The third-order valence-electron chi connectivity index (χ3n) is 4.19. The molecule has 0 radical (unpaired) electrons. The Morgan fingerprint density at radius 1 is 1.32 bits per heavy atom. The van der Waals surface area contributed by atoms with E-state index in [-0.39, 0.29) is 0 Å². The second-order valence-corrected chi connectivity index (χ2v) is 5.65. The minimum atomic E-state index is 0.678. The Bertz CT molecular complexity index is 416. The molecule has 0 spiro atoms. The van der Waals surface area contributed by atoms with E-state index in [9.17, 15) is 0 Å². The standard InChI is InChI=1S/C16H27N3/c1-5-15-12-19(9-8-18(15)4)16-7-6-13(2)10-14(16)11-17-3/h6-7,10,15,17H,5,8-9,11-12H2,1-4H3. The van der Waals surface area contributed by atoms with E-state index in [2.05, 4.69) is 54.2 Å². The number of benzene rings is 1. The number of likely N-dealkylation sites (N-methyl/N-ethyl adjacent to an activating group) is 1. The van der Waals surface area contributed by atoms with Gasteiger partial charge in [-0.25, -0.2) is 0 Å². The minimum Gasteiger partial charge on any atom is -0.368 e. The van der Waals surface area contributed by atoms with Crippen LogP contribution in [0.5, 0.6) is 0 Å². The summed E-state index contributed by atoms with van der Waals surface area (Å²) >= 11 is 0. The molecule has 1 aliphatic heterocycles. The Hall–Kier alpha value is -1.06. The first-order valence-corrected chi connectivity index (χ1v) is 7.35. The number of hydrogen-bond donors (Lipinski definition) is 1. The summed E-state index contributed by atoms with van der Waals surface area (Å²) in [6.45, 7) is 8.83. The van der Waals surface area contributed by atoms with E-state index in [0.717, 1.165) is 26.2 Å². The molecule has 1 aliphatic rings. The molecule has 2 rings (SSSR count). The number of anilines is 1. The number of aryl methyl sites for hydroxylation is 1. The van der Waals surface area contributed by atoms with E-state index >= 15 is 0 Å². The van der Waals surface area contributed by atoms with Gasteiger partial charge in [0, 0.05) is 37.9 Å². The van der Waals surface area contributed by atoms with E-state index in [4.69, 9.17) is 0 Å². The van der Waals surface area contributed by atoms with E-state index in [1.54, 1.807) is 0 Å². The van der Waals surface area contributed by atoms with Crippen LogP contribution in [0, 0.1) is 6.92 Å². The van der Waals surface area contributed by atoms with Crippen LogP contribution in [-0.4, -0.2) is 44.7 Å². The Balaban J connectivity index is 2.21. The van der Waals surface area contributed by atoms with Crippen LogP contribution in [-0.2, 0) is 6.54 Å². The van der Waals surface area contributed by atoms with Crippen LogP contribution in [0.1, 0.15) is 24.5 Å². The largest absolute Gasteiger partial charge is 0.368 e. The van der Waals surface area contributed by atoms with Gasteiger partial charge in [-0.2, -0.15) is 0 Å². The average molecular weight is 261 g/mol. The lowest BCUT2D eigenvalue weighted by Crippen LogP contribution is -2.51. The molecule has 0 aliphatic carbocycles. The maximum absolute atomic E-state index is 3.29. The van der Waals surface area contributed by atoms with Crippen molar-refractivity contribution in [1.82, 2.24) is 10.2 Å². The smallest absolute Gasteiger partial charge is 0.0413 e. The zero-order chi connectivity index (χ0) is 13.8. The first kappa shape index (κ1) is 14.4. The molecule has 3 nitrogen and oxygen atoms in total. The first-order chi connectivity index (χ1) is 9.15. The molecule has 1 atom stereocenters. The molecule has 1 fully saturated rings. The summed E-state index contributed by atoms with van der Waals surface area (Å²) in [4.78, 5) is 5.04. The van der Waals surface area contributed by atoms with Gasteiger partial charge in [-0.1, -0.05) is 24.6 Å². The SMILES string of the molecule is CCC1CN(c2ccc(C)cc2CNC)CCN1C. The molecule has 19 heavy (non-hydrogen) atoms. The number of hydrogen-bond acceptors (Lipinski definition) is 3. The summed E-state index contributed by atoms with van der Waals surface area (Å²) in [6, 6.07) is 7.51. The number of nitrogens with zero attached hydrogens (tertiary/aromatic N) is 2. The van der Waals surface area contributed by atoms with Gasteiger partial charge in [0.15, 0.2) is 0 Å². The summed E-state index contributed by atoms with van der Waals surface area (Å²) in [5, 5.41) is 3.29. The summed E-state index contributed by atoms with van der Waals surface area (Å²) in [5.41, 5.74) is 4.17. The van der Waals surface area contributed by atoms with Gasteiger partial charge in [0.25, 0.3) is 0 Å². The van der Waals surface area contributed by atoms with Crippen molar-refractivity contribution in [3.05, 3.63) is 29.3 Å². The Morgan fingerprint density at radius 3 is 2.79 bits per heavy atom. The molecule has 106 valence electrons. The molecule has 1 aromatic rings. The molecular weight excluding hydrogens is 234 g/mol. The molecule has 0 bridgehead atoms. The van der Waals surface area contributed by atoms with Crippen molar-refractivity contribution in [1.29, 1.82) is 0 Å². The molecule has 0 aromatic heterocycles. The van der Waals surface area contributed by atoms with Crippen LogP contribution in [0.15, 0.2) is 18.2 Å². The monoisotopic (exact) mass is 261 g/mol. The van der Waals surface area contributed by atoms with Crippen LogP contribution in [0.25, 0.3) is 0 Å². The highest BCUT2D eigenvalue weighted by molar-refractivity contribution is 5.55. The molecule has 1 N–H and O–H groups in total. The molecule has 3 heteroatoms. The van der Waals surface area contributed by atoms with E-state index in [0.29, 0.717) is 6.04 Å². The van der Waals surface area contributed by atoms with Crippen LogP contribution >= 0.6 is 0 Å². The maximum atomic E-state index is 3.29. The van der Waals surface area contributed by atoms with Gasteiger partial charge in [-0.15, -0.1) is 0 Å². The fourth-order valence-corrected chi connectivity index (χ4v) is 2.96. The summed E-state index contributed by atoms with van der Waals surface area (Å²) in [7, 11) is 4.26. The minimum absolute atomic E-state index is 0.678. The molecule has 1 heterocycles. The summed E-state index contributed by atoms with van der Waals surface area (Å²) in [6.07, 6.45) is 1.22. The van der Waals surface area contributed by atoms with E-state index in [1.807, 2.05) is 7.05 Å². The topological polar surface area (TPSA) is 18.5 Å². The fraction of sp³-hybridized carbons (Fsp3) is 0.625. The quantitative estimate of drug-likeness (QED) is 0.897. The molecular formula is C16H27N3. The Morgan fingerprint density at radius 2 is 2.11 bits per heavy atom. The maximum Gasteiger partial charge on any atom is 0.0413 e. The van der Waals surface area contributed by atoms with Gasteiger partial charge in [0.1, 0.15) is 0 Å². The van der Waals surface area contributed by atoms with Crippen molar-refractivity contribution in [3.63, 3.8) is 0 Å². The highest BCUT2D eigenvalue weighted by Crippen LogP contribution is 2.25. The molecule has 1 aromatic carbocycles. The number of nitrogens with one attached hydrogen (secondary N) is 1. The number of piperazine rings is 1. The average Bonchev–Trinajstić information content (AvgIpc) is 2.40. The van der Waals surface area contributed by atoms with Crippen LogP contribution in [0.3, 0.4) is 0 Å². The molecule has 0 amide bonds. The third-order valence-corrected chi connectivity index (χ3v) is 4.19. The van der Waals surface area contributed by atoms with Gasteiger partial charge < -0.3 is 10.2 Å². The molecule has 0 saturated carbocycles. The van der Waals surface area contributed by atoms with Crippen LogP contribution < -0.4 is 10.2 Å². The lowest BCUT2D eigenvalue weighted by molar-refractivity contribution is 0.213. The van der Waals surface area contributed by atoms with Crippen LogP contribution in [0.4, 0.5) is 5.69 Å². The van der Waals surface area contributed by atoms with Crippen molar-refractivity contribution in [2.75, 3.05) is 38.6 Å². The third kappa shape index (κ3) is 3.28. The van der Waals surface area contributed by atoms with E-state index in [1.165, 1.54) is 23.2 Å². The first-order valence-electron chi connectivity index (χ1n) is 7.35. The van der Waals surface area contributed by atoms with Gasteiger partial charge in [0.2, 0.25) is 0 Å². The second-order valence-electron chi connectivity index (χ2n) is 5.65. The van der Waals surface area contributed by atoms with Gasteiger partial charge >= 0.3 is 0 Å². The van der Waals surface area contributed by atoms with Crippen molar-refractivity contribution < 1.29 is 0 Å². The molecule has 1 saturated heterocycles. The molecule has 1 unspecified atom stereocenters. The highest BCUT2D eigenvalue weighted by atomic mass is 15.3. The normalized spacial score (nSPS) is 20.8. The van der Waals surface area contributed by atoms with Crippen molar-refractivity contribution in [3.8, 4) is 0 Å². The second kappa shape index (κ2) is 6.40. The van der Waals surface area contributed by atoms with Crippen molar-refractivity contribution >= 4 is 5.69 Å². The van der Waals surface area contributed by atoms with Crippen molar-refractivity contribution in [2.45, 2.75) is 32.9 Å².